The van der Waals surface area contributed by atoms with Gasteiger partial charge in [-0.2, -0.15) is 0 Å². The van der Waals surface area contributed by atoms with Crippen molar-refractivity contribution in [3.63, 3.8) is 0 Å². The standard InChI is InChI=1S/C18H27N3O.2ClH/c1-14(12-20-18(22)17-8-4-5-10-19-17)21-11-9-15-6-2-3-7-16(15)13-21;;/h2-3,6-7,14,17,19H,4-5,8-13H2,1H3,(H,20,22);2*1H/t14?,17-;;/m1../s1. The third-order valence-electron chi connectivity index (χ3n) is 4.98. The molecule has 0 spiro atoms. The van der Waals surface area contributed by atoms with Gasteiger partial charge < -0.3 is 10.6 Å². The Labute approximate surface area is 157 Å². The number of rotatable bonds is 4. The quantitative estimate of drug-likeness (QED) is 0.852. The van der Waals surface area contributed by atoms with Crippen LogP contribution in [0.2, 0.25) is 0 Å². The number of piperidine rings is 1. The second kappa shape index (κ2) is 10.2. The van der Waals surface area contributed by atoms with Gasteiger partial charge in [-0.15, -0.1) is 24.8 Å². The third-order valence-corrected chi connectivity index (χ3v) is 4.98. The lowest BCUT2D eigenvalue weighted by molar-refractivity contribution is -0.123. The van der Waals surface area contributed by atoms with Crippen LogP contribution in [0.15, 0.2) is 24.3 Å². The number of carbonyl (C=O) groups excluding carboxylic acids is 1. The number of amides is 1. The molecular formula is C18H29Cl2N3O. The molecule has 0 aromatic heterocycles. The molecule has 2 aliphatic rings. The van der Waals surface area contributed by atoms with Gasteiger partial charge in [-0.05, 0) is 43.9 Å². The van der Waals surface area contributed by atoms with Crippen LogP contribution in [-0.4, -0.2) is 42.5 Å². The Hall–Kier alpha value is -0.810. The summed E-state index contributed by atoms with van der Waals surface area (Å²) in [5, 5.41) is 6.44. The summed E-state index contributed by atoms with van der Waals surface area (Å²) >= 11 is 0. The Balaban J connectivity index is 0.00000144. The summed E-state index contributed by atoms with van der Waals surface area (Å²) in [6.45, 7) is 5.99. The van der Waals surface area contributed by atoms with Crippen molar-refractivity contribution in [3.05, 3.63) is 35.4 Å². The first kappa shape index (κ1) is 21.2. The zero-order valence-electron chi connectivity index (χ0n) is 14.3. The lowest BCUT2D eigenvalue weighted by Gasteiger charge is -2.34. The van der Waals surface area contributed by atoms with E-state index in [2.05, 4.69) is 46.7 Å². The molecule has 3 rings (SSSR count). The van der Waals surface area contributed by atoms with Crippen LogP contribution in [0.3, 0.4) is 0 Å². The molecule has 136 valence electrons. The van der Waals surface area contributed by atoms with Crippen LogP contribution in [0.1, 0.15) is 37.3 Å². The van der Waals surface area contributed by atoms with Crippen molar-refractivity contribution in [2.75, 3.05) is 19.6 Å². The first-order chi connectivity index (χ1) is 10.7. The molecule has 1 saturated heterocycles. The number of fused-ring (bicyclic) bond motifs is 1. The van der Waals surface area contributed by atoms with Crippen molar-refractivity contribution < 1.29 is 4.79 Å². The van der Waals surface area contributed by atoms with Gasteiger partial charge in [0.2, 0.25) is 5.91 Å². The zero-order chi connectivity index (χ0) is 15.4. The molecule has 0 aliphatic carbocycles. The molecule has 4 nitrogen and oxygen atoms in total. The average molecular weight is 374 g/mol. The maximum Gasteiger partial charge on any atom is 0.237 e. The molecule has 6 heteroatoms. The van der Waals surface area contributed by atoms with Crippen molar-refractivity contribution in [1.29, 1.82) is 0 Å². The summed E-state index contributed by atoms with van der Waals surface area (Å²) in [4.78, 5) is 14.7. The van der Waals surface area contributed by atoms with Crippen LogP contribution < -0.4 is 10.6 Å². The van der Waals surface area contributed by atoms with Crippen LogP contribution >= 0.6 is 24.8 Å². The van der Waals surface area contributed by atoms with E-state index >= 15 is 0 Å². The molecule has 2 N–H and O–H groups in total. The number of nitrogens with zero attached hydrogens (tertiary/aromatic N) is 1. The second-order valence-electron chi connectivity index (χ2n) is 6.59. The second-order valence-corrected chi connectivity index (χ2v) is 6.59. The zero-order valence-corrected chi connectivity index (χ0v) is 15.9. The van der Waals surface area contributed by atoms with Gasteiger partial charge in [0.25, 0.3) is 0 Å². The largest absolute Gasteiger partial charge is 0.353 e. The molecular weight excluding hydrogens is 345 g/mol. The minimum absolute atomic E-state index is 0. The van der Waals surface area contributed by atoms with Gasteiger partial charge in [0.15, 0.2) is 0 Å². The number of carbonyl (C=O) groups is 1. The summed E-state index contributed by atoms with van der Waals surface area (Å²) in [6, 6.07) is 9.08. The van der Waals surface area contributed by atoms with Crippen LogP contribution in [0.5, 0.6) is 0 Å². The molecule has 0 saturated carbocycles. The van der Waals surface area contributed by atoms with Gasteiger partial charge in [0, 0.05) is 25.7 Å². The van der Waals surface area contributed by atoms with Gasteiger partial charge in [0.1, 0.15) is 0 Å². The van der Waals surface area contributed by atoms with E-state index in [9.17, 15) is 4.79 Å². The minimum atomic E-state index is 0. The molecule has 0 radical (unpaired) electrons. The first-order valence-electron chi connectivity index (χ1n) is 8.56. The smallest absolute Gasteiger partial charge is 0.237 e. The molecule has 1 aromatic rings. The Morgan fingerprint density at radius 2 is 2.04 bits per heavy atom. The van der Waals surface area contributed by atoms with E-state index < -0.39 is 0 Å². The Bertz CT molecular complexity index is 521. The van der Waals surface area contributed by atoms with E-state index in [4.69, 9.17) is 0 Å². The molecule has 2 heterocycles. The highest BCUT2D eigenvalue weighted by Crippen LogP contribution is 2.20. The van der Waals surface area contributed by atoms with Crippen LogP contribution in [0, 0.1) is 0 Å². The Morgan fingerprint density at radius 1 is 1.29 bits per heavy atom. The van der Waals surface area contributed by atoms with E-state index in [0.717, 1.165) is 45.4 Å². The monoisotopic (exact) mass is 373 g/mol. The van der Waals surface area contributed by atoms with E-state index in [-0.39, 0.29) is 36.8 Å². The van der Waals surface area contributed by atoms with Crippen LogP contribution in [0.25, 0.3) is 0 Å². The van der Waals surface area contributed by atoms with Crippen molar-refractivity contribution in [2.24, 2.45) is 0 Å². The number of nitrogens with one attached hydrogen (secondary N) is 2. The lowest BCUT2D eigenvalue weighted by Crippen LogP contribution is -2.50. The molecule has 2 aliphatic heterocycles. The van der Waals surface area contributed by atoms with Gasteiger partial charge in [-0.1, -0.05) is 30.7 Å². The summed E-state index contributed by atoms with van der Waals surface area (Å²) < 4.78 is 0. The van der Waals surface area contributed by atoms with Gasteiger partial charge in [-0.25, -0.2) is 0 Å². The Kier molecular flexibility index (Phi) is 9.06. The maximum absolute atomic E-state index is 12.2. The highest BCUT2D eigenvalue weighted by atomic mass is 35.5. The minimum Gasteiger partial charge on any atom is -0.353 e. The van der Waals surface area contributed by atoms with E-state index in [0.29, 0.717) is 6.04 Å². The molecule has 1 aromatic carbocycles. The molecule has 24 heavy (non-hydrogen) atoms. The van der Waals surface area contributed by atoms with Crippen molar-refractivity contribution in [1.82, 2.24) is 15.5 Å². The normalized spacial score (nSPS) is 21.6. The van der Waals surface area contributed by atoms with Crippen LogP contribution in [0.4, 0.5) is 0 Å². The molecule has 2 atom stereocenters. The number of hydrogen-bond donors (Lipinski definition) is 2. The summed E-state index contributed by atoms with van der Waals surface area (Å²) in [6.07, 6.45) is 4.42. The number of halogens is 2. The fourth-order valence-corrected chi connectivity index (χ4v) is 3.47. The SMILES string of the molecule is CC(CNC(=O)[C@H]1CCCCN1)N1CCc2ccccc2C1.Cl.Cl. The van der Waals surface area contributed by atoms with E-state index in [1.54, 1.807) is 0 Å². The number of benzene rings is 1. The highest BCUT2D eigenvalue weighted by molar-refractivity contribution is 5.85. The predicted molar refractivity (Wildman–Crippen MR) is 103 cm³/mol. The lowest BCUT2D eigenvalue weighted by atomic mass is 9.99. The van der Waals surface area contributed by atoms with Gasteiger partial charge >= 0.3 is 0 Å². The summed E-state index contributed by atoms with van der Waals surface area (Å²) in [5.74, 6) is 0.170. The average Bonchev–Trinajstić information content (AvgIpc) is 2.59. The summed E-state index contributed by atoms with van der Waals surface area (Å²) in [7, 11) is 0. The fraction of sp³-hybridized carbons (Fsp3) is 0.611. The van der Waals surface area contributed by atoms with E-state index in [1.165, 1.54) is 17.5 Å². The predicted octanol–water partition coefficient (Wildman–Crippen LogP) is 2.54. The molecule has 0 bridgehead atoms. The van der Waals surface area contributed by atoms with Crippen LogP contribution in [-0.2, 0) is 17.8 Å². The Morgan fingerprint density at radius 3 is 2.75 bits per heavy atom. The summed E-state index contributed by atoms with van der Waals surface area (Å²) in [5.41, 5.74) is 2.90. The van der Waals surface area contributed by atoms with Crippen molar-refractivity contribution in [2.45, 2.75) is 51.2 Å². The molecule has 1 amide bonds. The van der Waals surface area contributed by atoms with Crippen molar-refractivity contribution in [3.8, 4) is 0 Å². The van der Waals surface area contributed by atoms with Gasteiger partial charge in [-0.3, -0.25) is 9.69 Å². The highest BCUT2D eigenvalue weighted by Gasteiger charge is 2.23. The third kappa shape index (κ3) is 5.35. The fourth-order valence-electron chi connectivity index (χ4n) is 3.47. The maximum atomic E-state index is 12.2. The van der Waals surface area contributed by atoms with Gasteiger partial charge in [0.05, 0.1) is 6.04 Å². The number of hydrogen-bond acceptors (Lipinski definition) is 3. The molecule has 1 unspecified atom stereocenters. The van der Waals surface area contributed by atoms with E-state index in [1.807, 2.05) is 0 Å². The van der Waals surface area contributed by atoms with Crippen molar-refractivity contribution >= 4 is 30.7 Å². The molecule has 1 fully saturated rings. The first-order valence-corrected chi connectivity index (χ1v) is 8.56. The topological polar surface area (TPSA) is 44.4 Å².